The lowest BCUT2D eigenvalue weighted by Gasteiger charge is -1.86. The van der Waals surface area contributed by atoms with Gasteiger partial charge in [-0.05, 0) is 36.4 Å². The van der Waals surface area contributed by atoms with Gasteiger partial charge < -0.3 is 4.42 Å². The van der Waals surface area contributed by atoms with E-state index in [1.165, 1.54) is 0 Å². The maximum Gasteiger partial charge on any atom is 0.125 e. The fourth-order valence-electron chi connectivity index (χ4n) is 1.20. The lowest BCUT2D eigenvalue weighted by Crippen LogP contribution is -1.75. The largest absolute Gasteiger partial charge is 0.467 e. The average molecular weight is 197 g/mol. The van der Waals surface area contributed by atoms with Gasteiger partial charge in [0, 0.05) is 11.8 Å². The summed E-state index contributed by atoms with van der Waals surface area (Å²) in [6, 6.07) is 3.77. The first-order chi connectivity index (χ1) is 7.45. The van der Waals surface area contributed by atoms with Crippen LogP contribution in [-0.4, -0.2) is 6.21 Å². The van der Waals surface area contributed by atoms with Crippen molar-refractivity contribution in [2.75, 3.05) is 0 Å². The van der Waals surface area contributed by atoms with Crippen LogP contribution in [0.5, 0.6) is 0 Å². The van der Waals surface area contributed by atoms with Crippen LogP contribution in [-0.2, 0) is 6.54 Å². The quantitative estimate of drug-likeness (QED) is 0.538. The van der Waals surface area contributed by atoms with Crippen LogP contribution in [0, 0.1) is 0 Å². The number of aliphatic imine (C=N–C) groups is 1. The zero-order chi connectivity index (χ0) is 10.3. The highest BCUT2D eigenvalue weighted by Gasteiger charge is 1.89. The molecule has 0 saturated heterocycles. The Morgan fingerprint density at radius 1 is 1.47 bits per heavy atom. The highest BCUT2D eigenvalue weighted by molar-refractivity contribution is 5.72. The van der Waals surface area contributed by atoms with Gasteiger partial charge >= 0.3 is 0 Å². The predicted molar refractivity (Wildman–Crippen MR) is 60.8 cm³/mol. The number of nitrogens with zero attached hydrogens (tertiary/aromatic N) is 1. The summed E-state index contributed by atoms with van der Waals surface area (Å²) in [4.78, 5) is 4.19. The molecule has 0 fully saturated rings. The van der Waals surface area contributed by atoms with Crippen molar-refractivity contribution in [1.82, 2.24) is 0 Å². The van der Waals surface area contributed by atoms with E-state index in [-0.39, 0.29) is 0 Å². The molecule has 0 saturated carbocycles. The van der Waals surface area contributed by atoms with Crippen LogP contribution in [0.15, 0.2) is 69.5 Å². The van der Waals surface area contributed by atoms with Gasteiger partial charge in [0.05, 0.1) is 12.8 Å². The summed E-state index contributed by atoms with van der Waals surface area (Å²) < 4.78 is 5.14. The van der Waals surface area contributed by atoms with Crippen molar-refractivity contribution >= 4 is 6.21 Å². The Morgan fingerprint density at radius 3 is 3.20 bits per heavy atom. The number of rotatable bonds is 4. The fourth-order valence-corrected chi connectivity index (χ4v) is 1.20. The molecule has 0 amide bonds. The second-order valence-electron chi connectivity index (χ2n) is 3.05. The first kappa shape index (κ1) is 9.50. The average Bonchev–Trinajstić information content (AvgIpc) is 2.88. The molecule has 1 aromatic rings. The molecule has 0 N–H and O–H groups in total. The Hall–Kier alpha value is -2.05. The van der Waals surface area contributed by atoms with Gasteiger partial charge in [-0.2, -0.15) is 0 Å². The molecule has 2 heteroatoms. The smallest absolute Gasteiger partial charge is 0.125 e. The second-order valence-corrected chi connectivity index (χ2v) is 3.05. The second kappa shape index (κ2) is 4.99. The van der Waals surface area contributed by atoms with Crippen molar-refractivity contribution in [3.63, 3.8) is 0 Å². The van der Waals surface area contributed by atoms with E-state index in [4.69, 9.17) is 4.42 Å². The fraction of sp³-hybridized carbons (Fsp3) is 0.0769. The molecule has 0 bridgehead atoms. The monoisotopic (exact) mass is 197 g/mol. The third-order valence-electron chi connectivity index (χ3n) is 1.92. The zero-order valence-corrected chi connectivity index (χ0v) is 8.26. The van der Waals surface area contributed by atoms with Gasteiger partial charge in [0.1, 0.15) is 5.76 Å². The van der Waals surface area contributed by atoms with Gasteiger partial charge in [0.2, 0.25) is 0 Å². The summed E-state index contributed by atoms with van der Waals surface area (Å²) in [5, 5.41) is 0. The van der Waals surface area contributed by atoms with Gasteiger partial charge in [0.25, 0.3) is 0 Å². The van der Waals surface area contributed by atoms with Crippen LogP contribution in [0.25, 0.3) is 0 Å². The van der Waals surface area contributed by atoms with Gasteiger partial charge in [0.15, 0.2) is 0 Å². The summed E-state index contributed by atoms with van der Waals surface area (Å²) >= 11 is 0. The van der Waals surface area contributed by atoms with E-state index in [1.54, 1.807) is 12.5 Å². The van der Waals surface area contributed by atoms with Crippen LogP contribution >= 0.6 is 0 Å². The number of hydrogen-bond donors (Lipinski definition) is 0. The van der Waals surface area contributed by atoms with Crippen LogP contribution in [0.1, 0.15) is 5.76 Å². The van der Waals surface area contributed by atoms with Crippen molar-refractivity contribution in [2.24, 2.45) is 4.99 Å². The first-order valence-electron chi connectivity index (χ1n) is 4.77. The molecular weight excluding hydrogens is 186 g/mol. The Morgan fingerprint density at radius 2 is 2.47 bits per heavy atom. The molecule has 0 radical (unpaired) electrons. The molecule has 0 unspecified atom stereocenters. The lowest BCUT2D eigenvalue weighted by atomic mass is 10.3. The minimum Gasteiger partial charge on any atom is -0.467 e. The third kappa shape index (κ3) is 2.97. The highest BCUT2D eigenvalue weighted by atomic mass is 16.3. The molecule has 0 aliphatic heterocycles. The van der Waals surface area contributed by atoms with Gasteiger partial charge in [-0.3, -0.25) is 4.99 Å². The van der Waals surface area contributed by atoms with E-state index >= 15 is 0 Å². The molecule has 2 nitrogen and oxygen atoms in total. The summed E-state index contributed by atoms with van der Waals surface area (Å²) in [7, 11) is 0. The third-order valence-corrected chi connectivity index (χ3v) is 1.92. The normalized spacial score (nSPS) is 14.5. The van der Waals surface area contributed by atoms with Crippen molar-refractivity contribution in [3.8, 4) is 0 Å². The molecule has 1 heterocycles. The van der Waals surface area contributed by atoms with Crippen LogP contribution in [0.3, 0.4) is 0 Å². The van der Waals surface area contributed by atoms with Gasteiger partial charge in [-0.25, -0.2) is 0 Å². The van der Waals surface area contributed by atoms with E-state index in [2.05, 4.69) is 10.7 Å². The topological polar surface area (TPSA) is 25.5 Å². The summed E-state index contributed by atoms with van der Waals surface area (Å²) in [6.07, 6.45) is 13.1. The molecule has 1 aromatic heterocycles. The van der Waals surface area contributed by atoms with Gasteiger partial charge in [-0.15, -0.1) is 5.73 Å². The highest BCUT2D eigenvalue weighted by Crippen LogP contribution is 2.03. The lowest BCUT2D eigenvalue weighted by molar-refractivity contribution is 0.513. The zero-order valence-electron chi connectivity index (χ0n) is 8.26. The van der Waals surface area contributed by atoms with Crippen molar-refractivity contribution in [3.05, 3.63) is 65.8 Å². The van der Waals surface area contributed by atoms with E-state index < -0.39 is 0 Å². The number of allylic oxidation sites excluding steroid dienone is 5. The van der Waals surface area contributed by atoms with Crippen LogP contribution in [0.4, 0.5) is 0 Å². The molecule has 1 aliphatic carbocycles. The molecule has 74 valence electrons. The standard InChI is InChI=1S/C13H11NO/c1-2-6-12(5-1)7-3-9-14-11-13-8-4-10-15-13/h1-5,7-10H,11H2/b7-3+,14-9?. The predicted octanol–water partition coefficient (Wildman–Crippen LogP) is 3.06. The Balaban J connectivity index is 1.80. The van der Waals surface area contributed by atoms with Crippen LogP contribution in [0.2, 0.25) is 0 Å². The Bertz CT molecular complexity index is 455. The Kier molecular flexibility index (Phi) is 3.16. The Labute approximate surface area is 88.6 Å². The van der Waals surface area contributed by atoms with E-state index in [9.17, 15) is 0 Å². The minimum atomic E-state index is 0.585. The maximum absolute atomic E-state index is 5.14. The van der Waals surface area contributed by atoms with E-state index in [0.717, 1.165) is 11.3 Å². The van der Waals surface area contributed by atoms with E-state index in [1.807, 2.05) is 42.5 Å². The van der Waals surface area contributed by atoms with E-state index in [0.29, 0.717) is 6.54 Å². The molecule has 15 heavy (non-hydrogen) atoms. The molecule has 1 aliphatic rings. The van der Waals surface area contributed by atoms with Gasteiger partial charge in [-0.1, -0.05) is 6.08 Å². The summed E-state index contributed by atoms with van der Waals surface area (Å²) in [6.45, 7) is 0.585. The number of furan rings is 1. The van der Waals surface area contributed by atoms with Crippen LogP contribution < -0.4 is 0 Å². The number of hydrogen-bond acceptors (Lipinski definition) is 2. The van der Waals surface area contributed by atoms with Crippen molar-refractivity contribution < 1.29 is 4.42 Å². The van der Waals surface area contributed by atoms with Crippen molar-refractivity contribution in [2.45, 2.75) is 6.54 Å². The molecule has 0 spiro atoms. The molecule has 0 aromatic carbocycles. The molecular formula is C13H11NO. The SMILES string of the molecule is C1=CC=CC=1/C=C/C=NCc1ccco1. The molecule has 0 atom stereocenters. The summed E-state index contributed by atoms with van der Waals surface area (Å²) in [5.41, 5.74) is 4.14. The first-order valence-corrected chi connectivity index (χ1v) is 4.77. The van der Waals surface area contributed by atoms with Crippen molar-refractivity contribution in [1.29, 1.82) is 0 Å². The minimum absolute atomic E-state index is 0.585. The molecule has 2 rings (SSSR count). The summed E-state index contributed by atoms with van der Waals surface area (Å²) in [5.74, 6) is 0.875. The maximum atomic E-state index is 5.14.